The van der Waals surface area contributed by atoms with Gasteiger partial charge in [-0.2, -0.15) is 4.31 Å². The highest BCUT2D eigenvalue weighted by molar-refractivity contribution is 7.89. The lowest BCUT2D eigenvalue weighted by molar-refractivity contribution is 0.173. The molecule has 0 unspecified atom stereocenters. The maximum atomic E-state index is 12.9. The Morgan fingerprint density at radius 2 is 2.00 bits per heavy atom. The van der Waals surface area contributed by atoms with Crippen LogP contribution in [0.1, 0.15) is 18.4 Å². The van der Waals surface area contributed by atoms with Gasteiger partial charge < -0.3 is 9.64 Å². The number of aryl methyl sites for hydroxylation is 1. The molecule has 1 fully saturated rings. The minimum Gasteiger partial charge on any atom is -0.385 e. The molecule has 0 bridgehead atoms. The molecule has 0 spiro atoms. The summed E-state index contributed by atoms with van der Waals surface area (Å²) in [7, 11) is -1.76. The van der Waals surface area contributed by atoms with Gasteiger partial charge in [-0.25, -0.2) is 8.42 Å². The molecule has 130 valence electrons. The Morgan fingerprint density at radius 1 is 1.22 bits per heavy atom. The second-order valence-electron chi connectivity index (χ2n) is 5.86. The van der Waals surface area contributed by atoms with Gasteiger partial charge in [-0.15, -0.1) is 0 Å². The van der Waals surface area contributed by atoms with Gasteiger partial charge >= 0.3 is 0 Å². The summed E-state index contributed by atoms with van der Waals surface area (Å²) in [5.74, 6) is 0. The van der Waals surface area contributed by atoms with Crippen molar-refractivity contribution in [3.05, 3.63) is 28.8 Å². The van der Waals surface area contributed by atoms with Crippen LogP contribution in [0.3, 0.4) is 0 Å². The molecule has 5 nitrogen and oxygen atoms in total. The first-order chi connectivity index (χ1) is 10.9. The molecule has 1 aromatic carbocycles. The molecule has 1 aliphatic heterocycles. The van der Waals surface area contributed by atoms with Crippen molar-refractivity contribution in [3.63, 3.8) is 0 Å². The van der Waals surface area contributed by atoms with Crippen LogP contribution in [-0.2, 0) is 14.8 Å². The molecule has 23 heavy (non-hydrogen) atoms. The van der Waals surface area contributed by atoms with Crippen molar-refractivity contribution in [2.24, 2.45) is 0 Å². The monoisotopic (exact) mass is 360 g/mol. The number of hydrogen-bond acceptors (Lipinski definition) is 4. The van der Waals surface area contributed by atoms with Gasteiger partial charge in [0.2, 0.25) is 10.0 Å². The number of sulfonamides is 1. The molecule has 1 aliphatic rings. The molecular formula is C16H25ClN2O3S. The fraction of sp³-hybridized carbons (Fsp3) is 0.625. The van der Waals surface area contributed by atoms with E-state index < -0.39 is 10.0 Å². The zero-order valence-corrected chi connectivity index (χ0v) is 15.4. The first-order valence-corrected chi connectivity index (χ1v) is 9.74. The van der Waals surface area contributed by atoms with Gasteiger partial charge in [0, 0.05) is 44.9 Å². The molecule has 0 amide bonds. The smallest absolute Gasteiger partial charge is 0.243 e. The van der Waals surface area contributed by atoms with Crippen LogP contribution >= 0.6 is 11.6 Å². The van der Waals surface area contributed by atoms with Crippen LogP contribution in [-0.4, -0.2) is 64.1 Å². The Kier molecular flexibility index (Phi) is 6.85. The molecule has 0 aromatic heterocycles. The lowest BCUT2D eigenvalue weighted by Gasteiger charge is -2.22. The third-order valence-corrected chi connectivity index (χ3v) is 6.42. The van der Waals surface area contributed by atoms with E-state index in [1.54, 1.807) is 36.5 Å². The molecule has 0 saturated carbocycles. The van der Waals surface area contributed by atoms with Gasteiger partial charge in [0.1, 0.15) is 0 Å². The second kappa shape index (κ2) is 8.44. The van der Waals surface area contributed by atoms with E-state index >= 15 is 0 Å². The van der Waals surface area contributed by atoms with E-state index in [0.29, 0.717) is 28.6 Å². The summed E-state index contributed by atoms with van der Waals surface area (Å²) in [5, 5.41) is 0.557. The van der Waals surface area contributed by atoms with E-state index in [-0.39, 0.29) is 0 Å². The number of methoxy groups -OCH3 is 1. The highest BCUT2D eigenvalue weighted by Gasteiger charge is 2.28. The summed E-state index contributed by atoms with van der Waals surface area (Å²) in [6.45, 7) is 6.24. The van der Waals surface area contributed by atoms with E-state index in [4.69, 9.17) is 16.3 Å². The molecule has 0 aliphatic carbocycles. The quantitative estimate of drug-likeness (QED) is 0.731. The van der Waals surface area contributed by atoms with Crippen LogP contribution in [0.5, 0.6) is 0 Å². The lowest BCUT2D eigenvalue weighted by Crippen LogP contribution is -2.35. The molecular weight excluding hydrogens is 336 g/mol. The van der Waals surface area contributed by atoms with Crippen molar-refractivity contribution in [1.82, 2.24) is 9.21 Å². The Balaban J connectivity index is 2.06. The minimum absolute atomic E-state index is 0.356. The molecule has 1 heterocycles. The maximum absolute atomic E-state index is 12.9. The average molecular weight is 361 g/mol. The van der Waals surface area contributed by atoms with Crippen LogP contribution in [0.2, 0.25) is 5.02 Å². The third-order valence-electron chi connectivity index (χ3n) is 4.13. The fourth-order valence-electron chi connectivity index (χ4n) is 2.89. The summed E-state index contributed by atoms with van der Waals surface area (Å²) in [6, 6.07) is 4.94. The summed E-state index contributed by atoms with van der Waals surface area (Å²) in [6.07, 6.45) is 1.82. The third kappa shape index (κ3) is 4.90. The standard InChI is InChI=1S/C16H25ClN2O3S/c1-14-13-15(17)5-6-16(14)23(20,21)19-9-3-7-18(10-11-19)8-4-12-22-2/h5-6,13H,3-4,7-12H2,1-2H3. The van der Waals surface area contributed by atoms with Crippen molar-refractivity contribution in [2.75, 3.05) is 46.4 Å². The Bertz CT molecular complexity index is 622. The van der Waals surface area contributed by atoms with Gasteiger partial charge in [-0.3, -0.25) is 0 Å². The predicted molar refractivity (Wildman–Crippen MR) is 92.5 cm³/mol. The summed E-state index contributed by atoms with van der Waals surface area (Å²) >= 11 is 5.93. The van der Waals surface area contributed by atoms with Gasteiger partial charge in [0.15, 0.2) is 0 Å². The molecule has 1 aromatic rings. The Morgan fingerprint density at radius 3 is 2.70 bits per heavy atom. The molecule has 1 saturated heterocycles. The zero-order valence-electron chi connectivity index (χ0n) is 13.8. The van der Waals surface area contributed by atoms with E-state index in [0.717, 1.165) is 39.1 Å². The number of halogens is 1. The molecule has 7 heteroatoms. The van der Waals surface area contributed by atoms with Gasteiger partial charge in [-0.05, 0) is 50.1 Å². The minimum atomic E-state index is -3.46. The summed E-state index contributed by atoms with van der Waals surface area (Å²) < 4.78 is 32.4. The van der Waals surface area contributed by atoms with E-state index in [9.17, 15) is 8.42 Å². The van der Waals surface area contributed by atoms with Crippen molar-refractivity contribution >= 4 is 21.6 Å². The molecule has 0 radical (unpaired) electrons. The maximum Gasteiger partial charge on any atom is 0.243 e. The SMILES string of the molecule is COCCCN1CCCN(S(=O)(=O)c2ccc(Cl)cc2C)CC1. The normalized spacial score (nSPS) is 18.0. The van der Waals surface area contributed by atoms with Gasteiger partial charge in [-0.1, -0.05) is 11.6 Å². The number of rotatable bonds is 6. The topological polar surface area (TPSA) is 49.9 Å². The largest absolute Gasteiger partial charge is 0.385 e. The van der Waals surface area contributed by atoms with Gasteiger partial charge in [0.25, 0.3) is 0 Å². The average Bonchev–Trinajstić information content (AvgIpc) is 2.73. The zero-order chi connectivity index (χ0) is 16.9. The Hall–Kier alpha value is -0.660. The highest BCUT2D eigenvalue weighted by Crippen LogP contribution is 2.24. The van der Waals surface area contributed by atoms with Crippen molar-refractivity contribution in [2.45, 2.75) is 24.7 Å². The molecule has 0 N–H and O–H groups in total. The van der Waals surface area contributed by atoms with Gasteiger partial charge in [0.05, 0.1) is 4.90 Å². The van der Waals surface area contributed by atoms with Crippen LogP contribution < -0.4 is 0 Å². The Labute approximate surface area is 144 Å². The predicted octanol–water partition coefficient (Wildman–Crippen LogP) is 2.38. The first-order valence-electron chi connectivity index (χ1n) is 7.93. The number of benzene rings is 1. The lowest BCUT2D eigenvalue weighted by atomic mass is 10.2. The summed E-state index contributed by atoms with van der Waals surface area (Å²) in [4.78, 5) is 2.67. The number of hydrogen-bond donors (Lipinski definition) is 0. The second-order valence-corrected chi connectivity index (χ2v) is 8.20. The first kappa shape index (κ1) is 18.7. The fourth-order valence-corrected chi connectivity index (χ4v) is 4.79. The van der Waals surface area contributed by atoms with Crippen LogP contribution in [0.4, 0.5) is 0 Å². The number of ether oxygens (including phenoxy) is 1. The van der Waals surface area contributed by atoms with Crippen LogP contribution in [0.25, 0.3) is 0 Å². The molecule has 2 rings (SSSR count). The van der Waals surface area contributed by atoms with E-state index in [1.807, 2.05) is 0 Å². The van der Waals surface area contributed by atoms with Crippen molar-refractivity contribution in [1.29, 1.82) is 0 Å². The van der Waals surface area contributed by atoms with Crippen LogP contribution in [0, 0.1) is 6.92 Å². The van der Waals surface area contributed by atoms with E-state index in [2.05, 4.69) is 4.90 Å². The molecule has 0 atom stereocenters. The van der Waals surface area contributed by atoms with E-state index in [1.165, 1.54) is 0 Å². The van der Waals surface area contributed by atoms with Crippen molar-refractivity contribution < 1.29 is 13.2 Å². The highest BCUT2D eigenvalue weighted by atomic mass is 35.5. The number of nitrogens with zero attached hydrogens (tertiary/aromatic N) is 2. The van der Waals surface area contributed by atoms with Crippen LogP contribution in [0.15, 0.2) is 23.1 Å². The van der Waals surface area contributed by atoms with Crippen molar-refractivity contribution in [3.8, 4) is 0 Å². The summed E-state index contributed by atoms with van der Waals surface area (Å²) in [5.41, 5.74) is 0.693.